The van der Waals surface area contributed by atoms with Crippen LogP contribution in [0.2, 0.25) is 0 Å². The summed E-state index contributed by atoms with van der Waals surface area (Å²) in [6.45, 7) is 4.93. The summed E-state index contributed by atoms with van der Waals surface area (Å²) < 4.78 is 0. The van der Waals surface area contributed by atoms with E-state index in [1.807, 2.05) is 6.92 Å². The Bertz CT molecular complexity index is 281. The van der Waals surface area contributed by atoms with E-state index in [1.165, 1.54) is 5.56 Å². The number of rotatable bonds is 3. The fourth-order valence-corrected chi connectivity index (χ4v) is 1.38. The maximum absolute atomic E-state index is 5.82. The molecule has 13 heavy (non-hydrogen) atoms. The summed E-state index contributed by atoms with van der Waals surface area (Å²) in [4.78, 5) is 0. The topological polar surface area (TPSA) is 52.0 Å². The molecule has 0 saturated carbocycles. The molecule has 0 fully saturated rings. The second-order valence-corrected chi connectivity index (χ2v) is 3.59. The molecule has 0 aliphatic heterocycles. The molecule has 1 aromatic carbocycles. The number of nitrogens with two attached hydrogens (primary N) is 2. The van der Waals surface area contributed by atoms with Crippen molar-refractivity contribution in [3.05, 3.63) is 29.3 Å². The maximum Gasteiger partial charge on any atom is 0.0346 e. The van der Waals surface area contributed by atoms with Crippen molar-refractivity contribution in [1.29, 1.82) is 0 Å². The first-order valence-corrected chi connectivity index (χ1v) is 4.71. The Hall–Kier alpha value is -1.02. The third-order valence-electron chi connectivity index (χ3n) is 2.47. The van der Waals surface area contributed by atoms with E-state index in [1.54, 1.807) is 0 Å². The van der Waals surface area contributed by atoms with Crippen molar-refractivity contribution >= 4 is 5.69 Å². The van der Waals surface area contributed by atoms with E-state index in [0.29, 0.717) is 5.92 Å². The lowest BCUT2D eigenvalue weighted by atomic mass is 9.96. The fraction of sp³-hybridized carbons (Fsp3) is 0.455. The SMILES string of the molecule is Cc1ccc(C(C)CCN)cc1N. The van der Waals surface area contributed by atoms with Gasteiger partial charge in [-0.3, -0.25) is 0 Å². The number of hydrogen-bond donors (Lipinski definition) is 2. The number of benzene rings is 1. The smallest absolute Gasteiger partial charge is 0.0346 e. The van der Waals surface area contributed by atoms with Crippen LogP contribution in [0.4, 0.5) is 5.69 Å². The second kappa shape index (κ2) is 4.28. The van der Waals surface area contributed by atoms with Crippen molar-refractivity contribution in [3.63, 3.8) is 0 Å². The van der Waals surface area contributed by atoms with Gasteiger partial charge in [-0.2, -0.15) is 0 Å². The van der Waals surface area contributed by atoms with Gasteiger partial charge in [0, 0.05) is 5.69 Å². The molecular weight excluding hydrogens is 160 g/mol. The Kier molecular flexibility index (Phi) is 3.32. The number of anilines is 1. The van der Waals surface area contributed by atoms with E-state index in [9.17, 15) is 0 Å². The van der Waals surface area contributed by atoms with Crippen LogP contribution < -0.4 is 11.5 Å². The molecule has 0 aliphatic carbocycles. The summed E-state index contributed by atoms with van der Waals surface area (Å²) >= 11 is 0. The van der Waals surface area contributed by atoms with Crippen molar-refractivity contribution in [1.82, 2.24) is 0 Å². The molecule has 0 aliphatic rings. The van der Waals surface area contributed by atoms with Gasteiger partial charge in [-0.15, -0.1) is 0 Å². The zero-order valence-electron chi connectivity index (χ0n) is 8.38. The Morgan fingerprint density at radius 3 is 2.62 bits per heavy atom. The van der Waals surface area contributed by atoms with E-state index in [2.05, 4.69) is 25.1 Å². The molecule has 72 valence electrons. The summed E-state index contributed by atoms with van der Waals surface area (Å²) in [7, 11) is 0. The van der Waals surface area contributed by atoms with E-state index in [-0.39, 0.29) is 0 Å². The first kappa shape index (κ1) is 10.1. The first-order valence-electron chi connectivity index (χ1n) is 4.71. The fourth-order valence-electron chi connectivity index (χ4n) is 1.38. The molecule has 0 bridgehead atoms. The normalized spacial score (nSPS) is 12.8. The molecule has 2 nitrogen and oxygen atoms in total. The van der Waals surface area contributed by atoms with E-state index >= 15 is 0 Å². The monoisotopic (exact) mass is 178 g/mol. The van der Waals surface area contributed by atoms with Crippen LogP contribution in [-0.2, 0) is 0 Å². The molecule has 0 heterocycles. The summed E-state index contributed by atoms with van der Waals surface area (Å²) in [6.07, 6.45) is 1.02. The molecule has 0 aromatic heterocycles. The summed E-state index contributed by atoms with van der Waals surface area (Å²) in [5.74, 6) is 0.507. The standard InChI is InChI=1S/C11H18N2/c1-8(5-6-12)10-4-3-9(2)11(13)7-10/h3-4,7-8H,5-6,12-13H2,1-2H3. The van der Waals surface area contributed by atoms with Crippen LogP contribution in [0.15, 0.2) is 18.2 Å². The number of aryl methyl sites for hydroxylation is 1. The van der Waals surface area contributed by atoms with Crippen molar-refractivity contribution in [2.24, 2.45) is 5.73 Å². The Morgan fingerprint density at radius 2 is 2.08 bits per heavy atom. The molecule has 0 radical (unpaired) electrons. The first-order chi connectivity index (χ1) is 6.15. The Labute approximate surface area is 79.9 Å². The quantitative estimate of drug-likeness (QED) is 0.696. The van der Waals surface area contributed by atoms with E-state index in [4.69, 9.17) is 11.5 Å². The molecule has 1 aromatic rings. The van der Waals surface area contributed by atoms with Gasteiger partial charge in [0.2, 0.25) is 0 Å². The molecular formula is C11H18N2. The largest absolute Gasteiger partial charge is 0.399 e. The minimum atomic E-state index is 0.507. The zero-order chi connectivity index (χ0) is 9.84. The van der Waals surface area contributed by atoms with Gasteiger partial charge in [0.1, 0.15) is 0 Å². The van der Waals surface area contributed by atoms with E-state index in [0.717, 1.165) is 24.2 Å². The van der Waals surface area contributed by atoms with Crippen LogP contribution >= 0.6 is 0 Å². The van der Waals surface area contributed by atoms with Gasteiger partial charge in [0.25, 0.3) is 0 Å². The van der Waals surface area contributed by atoms with Crippen LogP contribution in [0.25, 0.3) is 0 Å². The maximum atomic E-state index is 5.82. The van der Waals surface area contributed by atoms with Crippen LogP contribution in [0.5, 0.6) is 0 Å². The Balaban J connectivity index is 2.84. The third-order valence-corrected chi connectivity index (χ3v) is 2.47. The van der Waals surface area contributed by atoms with Crippen LogP contribution in [0, 0.1) is 6.92 Å². The van der Waals surface area contributed by atoms with Gasteiger partial charge in [0.05, 0.1) is 0 Å². The highest BCUT2D eigenvalue weighted by atomic mass is 14.6. The van der Waals surface area contributed by atoms with Crippen molar-refractivity contribution in [2.45, 2.75) is 26.2 Å². The van der Waals surface area contributed by atoms with Crippen LogP contribution in [0.1, 0.15) is 30.4 Å². The lowest BCUT2D eigenvalue weighted by molar-refractivity contribution is 0.690. The molecule has 2 heteroatoms. The van der Waals surface area contributed by atoms with Crippen molar-refractivity contribution < 1.29 is 0 Å². The molecule has 1 unspecified atom stereocenters. The lowest BCUT2D eigenvalue weighted by Crippen LogP contribution is -2.05. The van der Waals surface area contributed by atoms with Gasteiger partial charge in [0.15, 0.2) is 0 Å². The van der Waals surface area contributed by atoms with Crippen LogP contribution in [-0.4, -0.2) is 6.54 Å². The highest BCUT2D eigenvalue weighted by Crippen LogP contribution is 2.22. The molecule has 0 amide bonds. The minimum Gasteiger partial charge on any atom is -0.399 e. The second-order valence-electron chi connectivity index (χ2n) is 3.59. The van der Waals surface area contributed by atoms with Gasteiger partial charge >= 0.3 is 0 Å². The number of nitrogen functional groups attached to an aromatic ring is 1. The minimum absolute atomic E-state index is 0.507. The van der Waals surface area contributed by atoms with Gasteiger partial charge in [-0.25, -0.2) is 0 Å². The number of hydrogen-bond acceptors (Lipinski definition) is 2. The predicted molar refractivity (Wildman–Crippen MR) is 57.7 cm³/mol. The van der Waals surface area contributed by atoms with Crippen molar-refractivity contribution in [3.8, 4) is 0 Å². The van der Waals surface area contributed by atoms with E-state index < -0.39 is 0 Å². The zero-order valence-corrected chi connectivity index (χ0v) is 8.38. The van der Waals surface area contributed by atoms with Crippen molar-refractivity contribution in [2.75, 3.05) is 12.3 Å². The summed E-state index contributed by atoms with van der Waals surface area (Å²) in [5, 5.41) is 0. The lowest BCUT2D eigenvalue weighted by Gasteiger charge is -2.11. The molecule has 1 rings (SSSR count). The molecule has 1 atom stereocenters. The van der Waals surface area contributed by atoms with Gasteiger partial charge in [-0.05, 0) is 43.0 Å². The predicted octanol–water partition coefficient (Wildman–Crippen LogP) is 2.03. The Morgan fingerprint density at radius 1 is 1.38 bits per heavy atom. The van der Waals surface area contributed by atoms with Crippen LogP contribution in [0.3, 0.4) is 0 Å². The average molecular weight is 178 g/mol. The third kappa shape index (κ3) is 2.46. The summed E-state index contributed by atoms with van der Waals surface area (Å²) in [5.41, 5.74) is 14.6. The highest BCUT2D eigenvalue weighted by Gasteiger charge is 2.05. The van der Waals surface area contributed by atoms with Gasteiger partial charge < -0.3 is 11.5 Å². The van der Waals surface area contributed by atoms with Gasteiger partial charge in [-0.1, -0.05) is 19.1 Å². The highest BCUT2D eigenvalue weighted by molar-refractivity contribution is 5.48. The molecule has 0 saturated heterocycles. The molecule has 0 spiro atoms. The molecule has 4 N–H and O–H groups in total. The average Bonchev–Trinajstić information content (AvgIpc) is 2.10. The summed E-state index contributed by atoms with van der Waals surface area (Å²) in [6, 6.07) is 6.25.